The third kappa shape index (κ3) is 4.44. The Bertz CT molecular complexity index is 651. The summed E-state index contributed by atoms with van der Waals surface area (Å²) in [4.78, 5) is 0. The van der Waals surface area contributed by atoms with E-state index in [1.807, 2.05) is 49.4 Å². The molecule has 0 spiro atoms. The van der Waals surface area contributed by atoms with Gasteiger partial charge in [-0.05, 0) is 48.4 Å². The SMILES string of the molecule is COc1ccc(COc2ccc(C#CCCl)c(C)c2)cc1. The first kappa shape index (κ1) is 15.3. The molecule has 0 aromatic heterocycles. The maximum Gasteiger partial charge on any atom is 0.120 e. The molecule has 0 aliphatic carbocycles. The molecule has 2 nitrogen and oxygen atoms in total. The highest BCUT2D eigenvalue weighted by Crippen LogP contribution is 2.19. The number of alkyl halides is 1. The lowest BCUT2D eigenvalue weighted by atomic mass is 10.1. The monoisotopic (exact) mass is 300 g/mol. The summed E-state index contributed by atoms with van der Waals surface area (Å²) in [5, 5.41) is 0. The van der Waals surface area contributed by atoms with Crippen molar-refractivity contribution in [3.8, 4) is 23.3 Å². The molecule has 21 heavy (non-hydrogen) atoms. The van der Waals surface area contributed by atoms with Gasteiger partial charge in [-0.1, -0.05) is 24.0 Å². The highest BCUT2D eigenvalue weighted by Gasteiger charge is 2.00. The summed E-state index contributed by atoms with van der Waals surface area (Å²) in [5.41, 5.74) is 3.16. The molecule has 0 aliphatic heterocycles. The fourth-order valence-electron chi connectivity index (χ4n) is 1.88. The van der Waals surface area contributed by atoms with Crippen molar-refractivity contribution in [3.05, 3.63) is 59.2 Å². The number of aryl methyl sites for hydroxylation is 1. The molecule has 2 aromatic rings. The maximum absolute atomic E-state index is 5.79. The van der Waals surface area contributed by atoms with E-state index in [1.165, 1.54) is 0 Å². The standard InChI is InChI=1S/C18H17ClO2/c1-14-12-18(10-7-16(14)4-3-11-19)21-13-15-5-8-17(20-2)9-6-15/h5-10,12H,11,13H2,1-2H3. The van der Waals surface area contributed by atoms with E-state index in [1.54, 1.807) is 7.11 Å². The third-order valence-corrected chi connectivity index (χ3v) is 3.19. The van der Waals surface area contributed by atoms with Crippen LogP contribution in [0.2, 0.25) is 0 Å². The van der Waals surface area contributed by atoms with Crippen LogP contribution in [0.15, 0.2) is 42.5 Å². The fourth-order valence-corrected chi connectivity index (χ4v) is 1.95. The average Bonchev–Trinajstić information content (AvgIpc) is 2.52. The van der Waals surface area contributed by atoms with Crippen molar-refractivity contribution >= 4 is 11.6 Å². The van der Waals surface area contributed by atoms with Crippen LogP contribution in [0.4, 0.5) is 0 Å². The number of ether oxygens (including phenoxy) is 2. The van der Waals surface area contributed by atoms with E-state index in [-0.39, 0.29) is 0 Å². The van der Waals surface area contributed by atoms with Crippen molar-refractivity contribution < 1.29 is 9.47 Å². The lowest BCUT2D eigenvalue weighted by Crippen LogP contribution is -1.96. The molecule has 0 heterocycles. The average molecular weight is 301 g/mol. The Kier molecular flexibility index (Phi) is 5.54. The first-order valence-electron chi connectivity index (χ1n) is 6.64. The molecule has 3 heteroatoms. The Morgan fingerprint density at radius 3 is 2.38 bits per heavy atom. The van der Waals surface area contributed by atoms with E-state index in [0.29, 0.717) is 12.5 Å². The molecule has 0 saturated carbocycles. The van der Waals surface area contributed by atoms with E-state index >= 15 is 0 Å². The summed E-state index contributed by atoms with van der Waals surface area (Å²) in [6.07, 6.45) is 0. The second-order valence-electron chi connectivity index (χ2n) is 4.55. The van der Waals surface area contributed by atoms with Gasteiger partial charge in [-0.15, -0.1) is 11.6 Å². The van der Waals surface area contributed by atoms with Gasteiger partial charge in [0.2, 0.25) is 0 Å². The lowest BCUT2D eigenvalue weighted by molar-refractivity contribution is 0.305. The summed E-state index contributed by atoms with van der Waals surface area (Å²) < 4.78 is 10.9. The lowest BCUT2D eigenvalue weighted by Gasteiger charge is -2.08. The predicted octanol–water partition coefficient (Wildman–Crippen LogP) is 4.17. The summed E-state index contributed by atoms with van der Waals surface area (Å²) >= 11 is 5.57. The summed E-state index contributed by atoms with van der Waals surface area (Å²) in [7, 11) is 1.66. The zero-order valence-corrected chi connectivity index (χ0v) is 12.9. The van der Waals surface area contributed by atoms with Crippen molar-refractivity contribution in [2.45, 2.75) is 13.5 Å². The second kappa shape index (κ2) is 7.61. The number of rotatable bonds is 4. The molecule has 2 rings (SSSR count). The molecule has 0 saturated heterocycles. The van der Waals surface area contributed by atoms with Gasteiger partial charge in [0.15, 0.2) is 0 Å². The molecule has 0 unspecified atom stereocenters. The van der Waals surface area contributed by atoms with Gasteiger partial charge in [0.25, 0.3) is 0 Å². The molecular weight excluding hydrogens is 284 g/mol. The van der Waals surface area contributed by atoms with Gasteiger partial charge in [0.05, 0.1) is 13.0 Å². The summed E-state index contributed by atoms with van der Waals surface area (Å²) in [6.45, 7) is 2.54. The van der Waals surface area contributed by atoms with Crippen LogP contribution in [0.1, 0.15) is 16.7 Å². The van der Waals surface area contributed by atoms with Crippen molar-refractivity contribution in [2.75, 3.05) is 13.0 Å². The number of methoxy groups -OCH3 is 1. The van der Waals surface area contributed by atoms with Gasteiger partial charge >= 0.3 is 0 Å². The molecule has 0 amide bonds. The Balaban J connectivity index is 2.01. The molecule has 2 aromatic carbocycles. The Hall–Kier alpha value is -2.11. The van der Waals surface area contributed by atoms with Crippen LogP contribution in [0, 0.1) is 18.8 Å². The van der Waals surface area contributed by atoms with Crippen LogP contribution in [-0.2, 0) is 6.61 Å². The zero-order chi connectivity index (χ0) is 15.1. The van der Waals surface area contributed by atoms with Crippen LogP contribution in [0.5, 0.6) is 11.5 Å². The van der Waals surface area contributed by atoms with E-state index in [9.17, 15) is 0 Å². The Labute approximate surface area is 130 Å². The van der Waals surface area contributed by atoms with Gasteiger partial charge in [0.1, 0.15) is 18.1 Å². The van der Waals surface area contributed by atoms with Crippen molar-refractivity contribution in [2.24, 2.45) is 0 Å². The second-order valence-corrected chi connectivity index (χ2v) is 4.82. The number of hydrogen-bond acceptors (Lipinski definition) is 2. The highest BCUT2D eigenvalue weighted by molar-refractivity contribution is 6.19. The number of benzene rings is 2. The number of halogens is 1. The first-order chi connectivity index (χ1) is 10.2. The van der Waals surface area contributed by atoms with Gasteiger partial charge in [-0.3, -0.25) is 0 Å². The van der Waals surface area contributed by atoms with E-state index < -0.39 is 0 Å². The highest BCUT2D eigenvalue weighted by atomic mass is 35.5. The maximum atomic E-state index is 5.79. The van der Waals surface area contributed by atoms with Crippen LogP contribution in [0.3, 0.4) is 0 Å². The van der Waals surface area contributed by atoms with Crippen molar-refractivity contribution in [3.63, 3.8) is 0 Å². The molecule has 0 radical (unpaired) electrons. The van der Waals surface area contributed by atoms with E-state index in [4.69, 9.17) is 21.1 Å². The third-order valence-electron chi connectivity index (χ3n) is 3.05. The minimum atomic E-state index is 0.342. The Morgan fingerprint density at radius 2 is 1.76 bits per heavy atom. The smallest absolute Gasteiger partial charge is 0.120 e. The van der Waals surface area contributed by atoms with Gasteiger partial charge in [-0.2, -0.15) is 0 Å². The molecular formula is C18H17ClO2. The van der Waals surface area contributed by atoms with Crippen LogP contribution in [0.25, 0.3) is 0 Å². The van der Waals surface area contributed by atoms with Gasteiger partial charge in [0, 0.05) is 5.56 Å². The largest absolute Gasteiger partial charge is 0.497 e. The van der Waals surface area contributed by atoms with Gasteiger partial charge < -0.3 is 9.47 Å². The molecule has 0 atom stereocenters. The van der Waals surface area contributed by atoms with Crippen LogP contribution in [-0.4, -0.2) is 13.0 Å². The summed E-state index contributed by atoms with van der Waals surface area (Å²) in [5.74, 6) is 7.90. The predicted molar refractivity (Wildman–Crippen MR) is 86.1 cm³/mol. The Morgan fingerprint density at radius 1 is 1.05 bits per heavy atom. The fraction of sp³-hybridized carbons (Fsp3) is 0.222. The zero-order valence-electron chi connectivity index (χ0n) is 12.2. The summed E-state index contributed by atoms with van der Waals surface area (Å²) in [6, 6.07) is 13.7. The van der Waals surface area contributed by atoms with Gasteiger partial charge in [-0.25, -0.2) is 0 Å². The molecule has 0 aliphatic rings. The molecule has 108 valence electrons. The first-order valence-corrected chi connectivity index (χ1v) is 7.17. The normalized spacial score (nSPS) is 9.67. The topological polar surface area (TPSA) is 18.5 Å². The molecule has 0 N–H and O–H groups in total. The minimum Gasteiger partial charge on any atom is -0.497 e. The van der Waals surface area contributed by atoms with E-state index in [2.05, 4.69) is 11.8 Å². The minimum absolute atomic E-state index is 0.342. The van der Waals surface area contributed by atoms with Crippen LogP contribution < -0.4 is 9.47 Å². The van der Waals surface area contributed by atoms with Crippen LogP contribution >= 0.6 is 11.6 Å². The quantitative estimate of drug-likeness (QED) is 0.623. The van der Waals surface area contributed by atoms with Crippen molar-refractivity contribution in [1.29, 1.82) is 0 Å². The number of hydrogen-bond donors (Lipinski definition) is 0. The van der Waals surface area contributed by atoms with Crippen molar-refractivity contribution in [1.82, 2.24) is 0 Å². The molecule has 0 fully saturated rings. The van der Waals surface area contributed by atoms with E-state index in [0.717, 1.165) is 28.2 Å². The molecule has 0 bridgehead atoms.